The fraction of sp³-hybridized carbons (Fsp3) is 0.333. The summed E-state index contributed by atoms with van der Waals surface area (Å²) in [5.41, 5.74) is 2.82. The van der Waals surface area contributed by atoms with E-state index in [1.165, 1.54) is 17.3 Å². The molecule has 0 bridgehead atoms. The molecule has 1 aliphatic heterocycles. The Kier molecular flexibility index (Phi) is 6.05. The molecule has 1 aliphatic rings. The monoisotopic (exact) mass is 448 g/mol. The number of thioether (sulfide) groups is 1. The van der Waals surface area contributed by atoms with Crippen molar-refractivity contribution in [2.75, 3.05) is 6.61 Å². The highest BCUT2D eigenvalue weighted by molar-refractivity contribution is 7.98. The molecule has 1 unspecified atom stereocenters. The van der Waals surface area contributed by atoms with Gasteiger partial charge in [-0.05, 0) is 37.0 Å². The molecule has 2 aromatic carbocycles. The van der Waals surface area contributed by atoms with Gasteiger partial charge in [-0.3, -0.25) is 9.36 Å². The van der Waals surface area contributed by atoms with E-state index in [0.29, 0.717) is 40.1 Å². The Morgan fingerprint density at radius 3 is 2.75 bits per heavy atom. The summed E-state index contributed by atoms with van der Waals surface area (Å²) >= 11 is 1.43. The first-order chi connectivity index (χ1) is 15.7. The molecule has 1 atom stereocenters. The van der Waals surface area contributed by atoms with Gasteiger partial charge in [-0.15, -0.1) is 0 Å². The van der Waals surface area contributed by atoms with Crippen molar-refractivity contribution in [3.05, 3.63) is 70.3 Å². The van der Waals surface area contributed by atoms with E-state index < -0.39 is 0 Å². The Balaban J connectivity index is 1.39. The first kappa shape index (κ1) is 20.9. The van der Waals surface area contributed by atoms with Crippen LogP contribution in [0.15, 0.2) is 63.0 Å². The molecule has 0 aliphatic carbocycles. The SMILES string of the molecule is CCc1ccc(-c2noc(CSc3nc4ccccc4c(=O)n3CC3CCCO3)n2)cc1. The van der Waals surface area contributed by atoms with Crippen molar-refractivity contribution in [2.45, 2.75) is 49.7 Å². The fourth-order valence-corrected chi connectivity index (χ4v) is 4.70. The summed E-state index contributed by atoms with van der Waals surface area (Å²) in [4.78, 5) is 22.5. The van der Waals surface area contributed by atoms with Crippen molar-refractivity contribution in [2.24, 2.45) is 0 Å². The lowest BCUT2D eigenvalue weighted by Crippen LogP contribution is -2.28. The third-order valence-electron chi connectivity index (χ3n) is 5.65. The maximum Gasteiger partial charge on any atom is 0.262 e. The number of hydrogen-bond acceptors (Lipinski definition) is 7. The Hall–Kier alpha value is -2.97. The van der Waals surface area contributed by atoms with Crippen LogP contribution in [-0.2, 0) is 23.5 Å². The van der Waals surface area contributed by atoms with E-state index in [0.717, 1.165) is 31.4 Å². The average Bonchev–Trinajstić information content (AvgIpc) is 3.52. The van der Waals surface area contributed by atoms with Crippen molar-refractivity contribution >= 4 is 22.7 Å². The first-order valence-electron chi connectivity index (χ1n) is 10.9. The molecule has 8 heteroatoms. The summed E-state index contributed by atoms with van der Waals surface area (Å²) in [5.74, 6) is 1.48. The summed E-state index contributed by atoms with van der Waals surface area (Å²) in [7, 11) is 0. The number of ether oxygens (including phenoxy) is 1. The summed E-state index contributed by atoms with van der Waals surface area (Å²) in [6.45, 7) is 3.36. The van der Waals surface area contributed by atoms with Crippen LogP contribution in [0, 0.1) is 0 Å². The van der Waals surface area contributed by atoms with Gasteiger partial charge in [0.15, 0.2) is 5.16 Å². The number of hydrogen-bond donors (Lipinski definition) is 0. The molecule has 0 radical (unpaired) electrons. The number of aromatic nitrogens is 4. The predicted octanol–water partition coefficient (Wildman–Crippen LogP) is 4.48. The van der Waals surface area contributed by atoms with Crippen LogP contribution in [0.2, 0.25) is 0 Å². The summed E-state index contributed by atoms with van der Waals surface area (Å²) < 4.78 is 13.0. The lowest BCUT2D eigenvalue weighted by Gasteiger charge is -2.16. The van der Waals surface area contributed by atoms with Crippen molar-refractivity contribution < 1.29 is 9.26 Å². The number of para-hydroxylation sites is 1. The molecule has 0 N–H and O–H groups in total. The maximum absolute atomic E-state index is 13.2. The topological polar surface area (TPSA) is 83.0 Å². The molecule has 0 saturated carbocycles. The molecule has 164 valence electrons. The summed E-state index contributed by atoms with van der Waals surface area (Å²) in [5, 5.41) is 5.37. The smallest absolute Gasteiger partial charge is 0.262 e. The molecule has 2 aromatic heterocycles. The van der Waals surface area contributed by atoms with E-state index in [1.54, 1.807) is 4.57 Å². The highest BCUT2D eigenvalue weighted by Gasteiger charge is 2.21. The molecule has 3 heterocycles. The fourth-order valence-electron chi connectivity index (χ4n) is 3.86. The van der Waals surface area contributed by atoms with E-state index in [1.807, 2.05) is 36.4 Å². The minimum Gasteiger partial charge on any atom is -0.376 e. The van der Waals surface area contributed by atoms with Crippen LogP contribution in [-0.4, -0.2) is 32.4 Å². The van der Waals surface area contributed by atoms with Crippen LogP contribution in [0.5, 0.6) is 0 Å². The van der Waals surface area contributed by atoms with E-state index >= 15 is 0 Å². The van der Waals surface area contributed by atoms with E-state index in [9.17, 15) is 4.79 Å². The van der Waals surface area contributed by atoms with E-state index in [-0.39, 0.29) is 11.7 Å². The quantitative estimate of drug-likeness (QED) is 0.304. The maximum atomic E-state index is 13.2. The Bertz CT molecular complexity index is 1280. The molecule has 7 nitrogen and oxygen atoms in total. The van der Waals surface area contributed by atoms with Gasteiger partial charge in [-0.25, -0.2) is 4.98 Å². The van der Waals surface area contributed by atoms with Crippen molar-refractivity contribution in [1.29, 1.82) is 0 Å². The van der Waals surface area contributed by atoms with E-state index in [4.69, 9.17) is 14.2 Å². The zero-order chi connectivity index (χ0) is 21.9. The number of benzene rings is 2. The second-order valence-corrected chi connectivity index (χ2v) is 8.76. The molecule has 1 fully saturated rings. The van der Waals surface area contributed by atoms with Crippen LogP contribution in [0.4, 0.5) is 0 Å². The van der Waals surface area contributed by atoms with Crippen LogP contribution >= 0.6 is 11.8 Å². The first-order valence-corrected chi connectivity index (χ1v) is 11.9. The molecule has 4 aromatic rings. The Morgan fingerprint density at radius 1 is 1.12 bits per heavy atom. The van der Waals surface area contributed by atoms with Crippen LogP contribution in [0.3, 0.4) is 0 Å². The van der Waals surface area contributed by atoms with Gasteiger partial charge in [0.05, 0.1) is 29.3 Å². The summed E-state index contributed by atoms with van der Waals surface area (Å²) in [6, 6.07) is 15.6. The largest absolute Gasteiger partial charge is 0.376 e. The van der Waals surface area contributed by atoms with E-state index in [2.05, 4.69) is 29.2 Å². The number of nitrogens with zero attached hydrogens (tertiary/aromatic N) is 4. The van der Waals surface area contributed by atoms with Gasteiger partial charge < -0.3 is 9.26 Å². The zero-order valence-corrected chi connectivity index (χ0v) is 18.7. The second-order valence-electron chi connectivity index (χ2n) is 7.81. The van der Waals surface area contributed by atoms with Crippen molar-refractivity contribution in [3.8, 4) is 11.4 Å². The minimum atomic E-state index is -0.0455. The molecule has 1 saturated heterocycles. The zero-order valence-electron chi connectivity index (χ0n) is 17.9. The number of aryl methyl sites for hydroxylation is 1. The van der Waals surface area contributed by atoms with Crippen molar-refractivity contribution in [3.63, 3.8) is 0 Å². The van der Waals surface area contributed by atoms with Gasteiger partial charge in [0.25, 0.3) is 5.56 Å². The van der Waals surface area contributed by atoms with Crippen LogP contribution in [0.1, 0.15) is 31.2 Å². The average molecular weight is 449 g/mol. The highest BCUT2D eigenvalue weighted by Crippen LogP contribution is 2.25. The summed E-state index contributed by atoms with van der Waals surface area (Å²) in [6.07, 6.45) is 3.00. The van der Waals surface area contributed by atoms with Gasteiger partial charge >= 0.3 is 0 Å². The lowest BCUT2D eigenvalue weighted by atomic mass is 10.1. The number of rotatable bonds is 7. The second kappa shape index (κ2) is 9.26. The lowest BCUT2D eigenvalue weighted by molar-refractivity contribution is 0.0937. The predicted molar refractivity (Wildman–Crippen MR) is 124 cm³/mol. The van der Waals surface area contributed by atoms with Crippen LogP contribution in [0.25, 0.3) is 22.3 Å². The molecule has 0 spiro atoms. The van der Waals surface area contributed by atoms with Crippen LogP contribution < -0.4 is 5.56 Å². The van der Waals surface area contributed by atoms with Gasteiger partial charge in [-0.2, -0.15) is 4.98 Å². The standard InChI is InChI=1S/C24H24N4O3S/c1-2-16-9-11-17(12-10-16)22-26-21(31-27-22)15-32-24-25-20-8-4-3-7-19(20)23(29)28(24)14-18-6-5-13-30-18/h3-4,7-12,18H,2,5-6,13-15H2,1H3. The van der Waals surface area contributed by atoms with Gasteiger partial charge in [0.1, 0.15) is 0 Å². The number of fused-ring (bicyclic) bond motifs is 1. The van der Waals surface area contributed by atoms with Gasteiger partial charge in [0.2, 0.25) is 11.7 Å². The minimum absolute atomic E-state index is 0.0381. The van der Waals surface area contributed by atoms with Gasteiger partial charge in [-0.1, -0.05) is 60.2 Å². The third kappa shape index (κ3) is 4.33. The Morgan fingerprint density at radius 2 is 1.97 bits per heavy atom. The molecular weight excluding hydrogens is 424 g/mol. The third-order valence-corrected chi connectivity index (χ3v) is 6.61. The molecule has 0 amide bonds. The molecule has 32 heavy (non-hydrogen) atoms. The highest BCUT2D eigenvalue weighted by atomic mass is 32.2. The van der Waals surface area contributed by atoms with Crippen molar-refractivity contribution in [1.82, 2.24) is 19.7 Å². The Labute approximate surface area is 189 Å². The molecular formula is C24H24N4O3S. The molecule has 5 rings (SSSR count). The van der Waals surface area contributed by atoms with Gasteiger partial charge in [0, 0.05) is 12.2 Å². The normalized spacial score (nSPS) is 16.1.